The summed E-state index contributed by atoms with van der Waals surface area (Å²) < 4.78 is 5.77. The summed E-state index contributed by atoms with van der Waals surface area (Å²) in [7, 11) is 0. The normalized spacial score (nSPS) is 11.4. The molecule has 5 aromatic rings. The van der Waals surface area contributed by atoms with Gasteiger partial charge in [-0.2, -0.15) is 4.80 Å². The predicted octanol–water partition coefficient (Wildman–Crippen LogP) is 7.67. The quantitative estimate of drug-likeness (QED) is 0.266. The van der Waals surface area contributed by atoms with E-state index in [-0.39, 0.29) is 11.7 Å². The number of nitrogens with zero attached hydrogens (tertiary/aromatic N) is 3. The van der Waals surface area contributed by atoms with Crippen molar-refractivity contribution in [2.75, 3.05) is 5.32 Å². The highest BCUT2D eigenvalue weighted by Crippen LogP contribution is 2.32. The minimum absolute atomic E-state index is 0.166. The number of anilines is 1. The molecule has 0 aliphatic carbocycles. The lowest BCUT2D eigenvalue weighted by molar-refractivity contribution is 0.0997. The number of carbonyl (C=O) groups excluding carboxylic acids is 1. The van der Waals surface area contributed by atoms with Crippen molar-refractivity contribution in [3.05, 3.63) is 93.7 Å². The zero-order valence-corrected chi connectivity index (χ0v) is 20.9. The summed E-state index contributed by atoms with van der Waals surface area (Å²) in [6.07, 6.45) is 0. The average molecular weight is 505 g/mol. The fraction of sp³-hybridized carbons (Fsp3) is 0.148. The molecule has 176 valence electrons. The summed E-state index contributed by atoms with van der Waals surface area (Å²) in [4.78, 5) is 14.5. The number of fused-ring (bicyclic) bond motifs is 1. The molecular weight excluding hydrogens is 483 g/mol. The summed E-state index contributed by atoms with van der Waals surface area (Å²) in [5, 5.41) is 13.1. The number of aromatic nitrogens is 3. The van der Waals surface area contributed by atoms with Crippen LogP contribution in [0.4, 0.5) is 5.69 Å². The number of aryl methyl sites for hydroxylation is 1. The number of nitrogens with one attached hydrogen (secondary N) is 1. The summed E-state index contributed by atoms with van der Waals surface area (Å²) >= 11 is 12.2. The first-order chi connectivity index (χ1) is 16.8. The number of hydrogen-bond acceptors (Lipinski definition) is 4. The third-order valence-corrected chi connectivity index (χ3v) is 6.34. The Kier molecular flexibility index (Phi) is 6.09. The van der Waals surface area contributed by atoms with Gasteiger partial charge in [0.15, 0.2) is 5.76 Å². The van der Waals surface area contributed by atoms with Crippen molar-refractivity contribution in [3.8, 4) is 17.0 Å². The highest BCUT2D eigenvalue weighted by molar-refractivity contribution is 6.36. The van der Waals surface area contributed by atoms with Crippen LogP contribution < -0.4 is 5.32 Å². The van der Waals surface area contributed by atoms with Gasteiger partial charge in [0, 0.05) is 16.3 Å². The Morgan fingerprint density at radius 1 is 0.943 bits per heavy atom. The van der Waals surface area contributed by atoms with Crippen molar-refractivity contribution >= 4 is 45.8 Å². The Labute approximate surface area is 212 Å². The lowest BCUT2D eigenvalue weighted by Crippen LogP contribution is -2.11. The van der Waals surface area contributed by atoms with Gasteiger partial charge in [-0.3, -0.25) is 4.79 Å². The average Bonchev–Trinajstić information content (AvgIpc) is 3.47. The number of halogens is 2. The Morgan fingerprint density at radius 3 is 2.34 bits per heavy atom. The van der Waals surface area contributed by atoms with Crippen LogP contribution in [0.3, 0.4) is 0 Å². The summed E-state index contributed by atoms with van der Waals surface area (Å²) in [5.41, 5.74) is 5.69. The first-order valence-electron chi connectivity index (χ1n) is 11.1. The van der Waals surface area contributed by atoms with E-state index in [9.17, 15) is 4.79 Å². The molecule has 3 aromatic carbocycles. The van der Waals surface area contributed by atoms with Crippen molar-refractivity contribution in [2.45, 2.75) is 26.7 Å². The van der Waals surface area contributed by atoms with E-state index >= 15 is 0 Å². The summed E-state index contributed by atoms with van der Waals surface area (Å²) in [5.74, 6) is 0.728. The molecule has 0 atom stereocenters. The standard InChI is InChI=1S/C27H22Cl2N4O2/c1-15(2)17-4-7-19(8-5-17)33-31-23-12-16(3)22(14-24(23)32-33)30-27(34)26-11-10-25(35-26)20-9-6-18(28)13-21(20)29/h4-15H,1-3H3,(H,30,34). The maximum atomic E-state index is 12.9. The molecule has 8 heteroatoms. The Balaban J connectivity index is 1.39. The molecule has 0 unspecified atom stereocenters. The van der Waals surface area contributed by atoms with Crippen molar-refractivity contribution in [2.24, 2.45) is 0 Å². The van der Waals surface area contributed by atoms with Gasteiger partial charge < -0.3 is 9.73 Å². The van der Waals surface area contributed by atoms with Crippen LogP contribution in [0.25, 0.3) is 28.0 Å². The lowest BCUT2D eigenvalue weighted by atomic mass is 10.0. The van der Waals surface area contributed by atoms with E-state index in [4.69, 9.17) is 27.6 Å². The molecule has 2 heterocycles. The third-order valence-electron chi connectivity index (χ3n) is 5.79. The fourth-order valence-electron chi connectivity index (χ4n) is 3.79. The van der Waals surface area contributed by atoms with E-state index in [2.05, 4.69) is 41.5 Å². The van der Waals surface area contributed by atoms with Crippen LogP contribution in [0.5, 0.6) is 0 Å². The van der Waals surface area contributed by atoms with Gasteiger partial charge in [0.2, 0.25) is 0 Å². The van der Waals surface area contributed by atoms with Crippen molar-refractivity contribution < 1.29 is 9.21 Å². The summed E-state index contributed by atoms with van der Waals surface area (Å²) in [6, 6.07) is 20.3. The molecule has 0 spiro atoms. The number of furan rings is 1. The highest BCUT2D eigenvalue weighted by atomic mass is 35.5. The number of carbonyl (C=O) groups is 1. The molecule has 5 rings (SSSR count). The molecular formula is C27H22Cl2N4O2. The number of benzene rings is 3. The third kappa shape index (κ3) is 4.67. The van der Waals surface area contributed by atoms with E-state index in [1.807, 2.05) is 31.2 Å². The largest absolute Gasteiger partial charge is 0.451 e. The topological polar surface area (TPSA) is 73.0 Å². The first-order valence-corrected chi connectivity index (χ1v) is 11.9. The molecule has 2 aromatic heterocycles. The predicted molar refractivity (Wildman–Crippen MR) is 140 cm³/mol. The van der Waals surface area contributed by atoms with E-state index in [0.29, 0.717) is 38.5 Å². The molecule has 35 heavy (non-hydrogen) atoms. The fourth-order valence-corrected chi connectivity index (χ4v) is 4.29. The minimum atomic E-state index is -0.375. The number of rotatable bonds is 5. The maximum absolute atomic E-state index is 12.9. The minimum Gasteiger partial charge on any atom is -0.451 e. The van der Waals surface area contributed by atoms with Crippen molar-refractivity contribution in [3.63, 3.8) is 0 Å². The van der Waals surface area contributed by atoms with Crippen LogP contribution in [0.2, 0.25) is 10.0 Å². The maximum Gasteiger partial charge on any atom is 0.291 e. The van der Waals surface area contributed by atoms with Crippen LogP contribution >= 0.6 is 23.2 Å². The van der Waals surface area contributed by atoms with Crippen LogP contribution in [0, 0.1) is 6.92 Å². The first kappa shape index (κ1) is 23.1. The second-order valence-electron chi connectivity index (χ2n) is 8.63. The molecule has 0 saturated carbocycles. The van der Waals surface area contributed by atoms with E-state index < -0.39 is 0 Å². The van der Waals surface area contributed by atoms with Gasteiger partial charge in [0.1, 0.15) is 16.8 Å². The SMILES string of the molecule is Cc1cc2nn(-c3ccc(C(C)C)cc3)nc2cc1NC(=O)c1ccc(-c2ccc(Cl)cc2Cl)o1. The Morgan fingerprint density at radius 2 is 1.66 bits per heavy atom. The van der Waals surface area contributed by atoms with Gasteiger partial charge in [-0.1, -0.05) is 49.2 Å². The Hall–Kier alpha value is -3.61. The van der Waals surface area contributed by atoms with Gasteiger partial charge >= 0.3 is 0 Å². The Bertz CT molecular complexity index is 1550. The zero-order chi connectivity index (χ0) is 24.7. The van der Waals surface area contributed by atoms with Gasteiger partial charge in [-0.15, -0.1) is 10.2 Å². The van der Waals surface area contributed by atoms with Crippen LogP contribution in [-0.2, 0) is 0 Å². The number of hydrogen-bond donors (Lipinski definition) is 1. The lowest BCUT2D eigenvalue weighted by Gasteiger charge is -2.07. The van der Waals surface area contributed by atoms with Crippen molar-refractivity contribution in [1.82, 2.24) is 15.0 Å². The van der Waals surface area contributed by atoms with Gasteiger partial charge in [0.05, 0.1) is 10.7 Å². The van der Waals surface area contributed by atoms with Crippen LogP contribution in [-0.4, -0.2) is 20.9 Å². The van der Waals surface area contributed by atoms with Crippen molar-refractivity contribution in [1.29, 1.82) is 0 Å². The molecule has 0 radical (unpaired) electrons. The second kappa shape index (κ2) is 9.21. The highest BCUT2D eigenvalue weighted by Gasteiger charge is 2.16. The zero-order valence-electron chi connectivity index (χ0n) is 19.3. The molecule has 0 fully saturated rings. The molecule has 0 bridgehead atoms. The van der Waals surface area contributed by atoms with E-state index in [0.717, 1.165) is 16.8 Å². The molecule has 6 nitrogen and oxygen atoms in total. The van der Waals surface area contributed by atoms with Gasteiger partial charge in [-0.05, 0) is 78.6 Å². The van der Waals surface area contributed by atoms with E-state index in [1.54, 1.807) is 35.1 Å². The summed E-state index contributed by atoms with van der Waals surface area (Å²) in [6.45, 7) is 6.22. The second-order valence-corrected chi connectivity index (χ2v) is 9.48. The van der Waals surface area contributed by atoms with Crippen LogP contribution in [0.1, 0.15) is 41.4 Å². The molecule has 0 saturated heterocycles. The van der Waals surface area contributed by atoms with Crippen LogP contribution in [0.15, 0.2) is 71.1 Å². The van der Waals surface area contributed by atoms with Gasteiger partial charge in [0.25, 0.3) is 5.91 Å². The molecule has 1 N–H and O–H groups in total. The molecule has 0 aliphatic heterocycles. The number of amides is 1. The van der Waals surface area contributed by atoms with Gasteiger partial charge in [-0.25, -0.2) is 0 Å². The smallest absolute Gasteiger partial charge is 0.291 e. The molecule has 1 amide bonds. The monoisotopic (exact) mass is 504 g/mol. The van der Waals surface area contributed by atoms with E-state index in [1.165, 1.54) is 5.56 Å². The molecule has 0 aliphatic rings.